The van der Waals surface area contributed by atoms with Gasteiger partial charge in [0, 0.05) is 19.1 Å². The van der Waals surface area contributed by atoms with E-state index in [9.17, 15) is 0 Å². The van der Waals surface area contributed by atoms with Crippen molar-refractivity contribution in [3.05, 3.63) is 23.8 Å². The fourth-order valence-electron chi connectivity index (χ4n) is 2.40. The maximum atomic E-state index is 8.87. The molecule has 1 aliphatic heterocycles. The van der Waals surface area contributed by atoms with Gasteiger partial charge in [0.25, 0.3) is 0 Å². The number of hydrogen-bond acceptors (Lipinski definition) is 4. The quantitative estimate of drug-likeness (QED) is 0.799. The molecule has 1 aromatic rings. The number of nitrogens with zero attached hydrogens (tertiary/aromatic N) is 1. The molecule has 0 aliphatic carbocycles. The summed E-state index contributed by atoms with van der Waals surface area (Å²) in [7, 11) is 0. The molecule has 0 spiro atoms. The van der Waals surface area contributed by atoms with Crippen LogP contribution in [0.5, 0.6) is 0 Å². The molecule has 96 valence electrons. The summed E-state index contributed by atoms with van der Waals surface area (Å²) >= 11 is 0. The van der Waals surface area contributed by atoms with E-state index in [2.05, 4.69) is 18.3 Å². The van der Waals surface area contributed by atoms with Gasteiger partial charge in [-0.05, 0) is 31.0 Å². The Labute approximate surface area is 108 Å². The minimum Gasteiger partial charge on any atom is -0.397 e. The SMILES string of the molecule is CCC1OCCC1CNc1cc(C#N)ccc1N. The van der Waals surface area contributed by atoms with Gasteiger partial charge >= 0.3 is 0 Å². The van der Waals surface area contributed by atoms with Crippen molar-refractivity contribution in [2.75, 3.05) is 24.2 Å². The minimum absolute atomic E-state index is 0.345. The third-order valence-electron chi connectivity index (χ3n) is 3.49. The van der Waals surface area contributed by atoms with E-state index in [1.807, 2.05) is 0 Å². The van der Waals surface area contributed by atoms with Crippen LogP contribution < -0.4 is 11.1 Å². The molecule has 2 unspecified atom stereocenters. The third kappa shape index (κ3) is 2.74. The Hall–Kier alpha value is -1.73. The molecule has 1 fully saturated rings. The van der Waals surface area contributed by atoms with Gasteiger partial charge in [-0.25, -0.2) is 0 Å². The van der Waals surface area contributed by atoms with E-state index in [4.69, 9.17) is 15.7 Å². The van der Waals surface area contributed by atoms with Crippen LogP contribution in [0.1, 0.15) is 25.3 Å². The van der Waals surface area contributed by atoms with Crippen LogP contribution in [-0.2, 0) is 4.74 Å². The number of nitrogens with one attached hydrogen (secondary N) is 1. The highest BCUT2D eigenvalue weighted by molar-refractivity contribution is 5.68. The zero-order chi connectivity index (χ0) is 13.0. The Morgan fingerprint density at radius 2 is 2.39 bits per heavy atom. The Bertz CT molecular complexity index is 453. The molecule has 4 heteroatoms. The van der Waals surface area contributed by atoms with Gasteiger partial charge in [0.15, 0.2) is 0 Å². The average Bonchev–Trinajstić information content (AvgIpc) is 2.85. The van der Waals surface area contributed by atoms with Crippen LogP contribution in [0.25, 0.3) is 0 Å². The summed E-state index contributed by atoms with van der Waals surface area (Å²) in [6.07, 6.45) is 2.47. The molecule has 0 aromatic heterocycles. The lowest BCUT2D eigenvalue weighted by Crippen LogP contribution is -2.23. The minimum atomic E-state index is 0.345. The van der Waals surface area contributed by atoms with Gasteiger partial charge in [-0.1, -0.05) is 6.92 Å². The van der Waals surface area contributed by atoms with Crippen molar-refractivity contribution in [2.45, 2.75) is 25.9 Å². The van der Waals surface area contributed by atoms with Crippen LogP contribution in [0.2, 0.25) is 0 Å². The first-order valence-electron chi connectivity index (χ1n) is 6.39. The van der Waals surface area contributed by atoms with E-state index in [1.54, 1.807) is 18.2 Å². The predicted octanol–water partition coefficient (Wildman–Crippen LogP) is 2.37. The number of anilines is 2. The van der Waals surface area contributed by atoms with Gasteiger partial charge in [0.05, 0.1) is 29.1 Å². The highest BCUT2D eigenvalue weighted by Gasteiger charge is 2.26. The first-order valence-corrected chi connectivity index (χ1v) is 6.39. The van der Waals surface area contributed by atoms with Crippen LogP contribution in [0, 0.1) is 17.2 Å². The lowest BCUT2D eigenvalue weighted by molar-refractivity contribution is 0.0900. The molecule has 2 rings (SSSR count). The molecule has 0 bridgehead atoms. The number of ether oxygens (including phenoxy) is 1. The smallest absolute Gasteiger partial charge is 0.0992 e. The molecule has 4 nitrogen and oxygen atoms in total. The van der Waals surface area contributed by atoms with E-state index in [0.29, 0.717) is 23.3 Å². The molecule has 1 aliphatic rings. The summed E-state index contributed by atoms with van der Waals surface area (Å²) < 4.78 is 5.65. The fraction of sp³-hybridized carbons (Fsp3) is 0.500. The Balaban J connectivity index is 1.99. The lowest BCUT2D eigenvalue weighted by atomic mass is 9.99. The second-order valence-corrected chi connectivity index (χ2v) is 4.66. The monoisotopic (exact) mass is 245 g/mol. The molecule has 0 amide bonds. The van der Waals surface area contributed by atoms with E-state index in [1.165, 1.54) is 0 Å². The average molecular weight is 245 g/mol. The number of hydrogen-bond donors (Lipinski definition) is 2. The van der Waals surface area contributed by atoms with E-state index in [0.717, 1.165) is 31.7 Å². The van der Waals surface area contributed by atoms with Crippen molar-refractivity contribution in [3.8, 4) is 6.07 Å². The van der Waals surface area contributed by atoms with Crippen molar-refractivity contribution in [2.24, 2.45) is 5.92 Å². The fourth-order valence-corrected chi connectivity index (χ4v) is 2.40. The number of benzene rings is 1. The maximum absolute atomic E-state index is 8.87. The molecule has 1 heterocycles. The van der Waals surface area contributed by atoms with E-state index < -0.39 is 0 Å². The summed E-state index contributed by atoms with van der Waals surface area (Å²) in [5, 5.41) is 12.2. The van der Waals surface area contributed by atoms with Gasteiger partial charge in [-0.15, -0.1) is 0 Å². The normalized spacial score (nSPS) is 22.7. The van der Waals surface area contributed by atoms with Crippen molar-refractivity contribution < 1.29 is 4.74 Å². The summed E-state index contributed by atoms with van der Waals surface area (Å²) in [5.74, 6) is 0.528. The Morgan fingerprint density at radius 3 is 3.11 bits per heavy atom. The summed E-state index contributed by atoms with van der Waals surface area (Å²) in [4.78, 5) is 0. The van der Waals surface area contributed by atoms with Gasteiger partial charge in [-0.3, -0.25) is 0 Å². The molecule has 1 aromatic carbocycles. The van der Waals surface area contributed by atoms with Crippen LogP contribution in [-0.4, -0.2) is 19.3 Å². The van der Waals surface area contributed by atoms with Gasteiger partial charge < -0.3 is 15.8 Å². The standard InChI is InChI=1S/C14H19N3O/c1-2-14-11(5-6-18-14)9-17-13-7-10(8-15)3-4-12(13)16/h3-4,7,11,14,17H,2,5-6,9,16H2,1H3. The summed E-state index contributed by atoms with van der Waals surface area (Å²) in [6.45, 7) is 3.84. The zero-order valence-corrected chi connectivity index (χ0v) is 10.6. The maximum Gasteiger partial charge on any atom is 0.0992 e. The van der Waals surface area contributed by atoms with Crippen LogP contribution in [0.4, 0.5) is 11.4 Å². The lowest BCUT2D eigenvalue weighted by Gasteiger charge is -2.18. The summed E-state index contributed by atoms with van der Waals surface area (Å²) in [5.41, 5.74) is 8.04. The van der Waals surface area contributed by atoms with Gasteiger partial charge in [0.1, 0.15) is 0 Å². The van der Waals surface area contributed by atoms with Crippen molar-refractivity contribution in [1.82, 2.24) is 0 Å². The largest absolute Gasteiger partial charge is 0.397 e. The Morgan fingerprint density at radius 1 is 1.56 bits per heavy atom. The third-order valence-corrected chi connectivity index (χ3v) is 3.49. The molecule has 2 atom stereocenters. The van der Waals surface area contributed by atoms with Crippen LogP contribution in [0.3, 0.4) is 0 Å². The molecule has 3 N–H and O–H groups in total. The number of rotatable bonds is 4. The van der Waals surface area contributed by atoms with E-state index >= 15 is 0 Å². The molecule has 0 saturated carbocycles. The van der Waals surface area contributed by atoms with Gasteiger partial charge in [-0.2, -0.15) is 5.26 Å². The highest BCUT2D eigenvalue weighted by Crippen LogP contribution is 2.25. The van der Waals surface area contributed by atoms with Crippen LogP contribution >= 0.6 is 0 Å². The Kier molecular flexibility index (Phi) is 4.06. The van der Waals surface area contributed by atoms with Gasteiger partial charge in [0.2, 0.25) is 0 Å². The molecule has 18 heavy (non-hydrogen) atoms. The van der Waals surface area contributed by atoms with Crippen LogP contribution in [0.15, 0.2) is 18.2 Å². The van der Waals surface area contributed by atoms with Crippen molar-refractivity contribution >= 4 is 11.4 Å². The first kappa shape index (κ1) is 12.7. The molecule has 1 saturated heterocycles. The van der Waals surface area contributed by atoms with Crippen molar-refractivity contribution in [3.63, 3.8) is 0 Å². The summed E-state index contributed by atoms with van der Waals surface area (Å²) in [6, 6.07) is 7.42. The zero-order valence-electron chi connectivity index (χ0n) is 10.6. The molecular formula is C14H19N3O. The topological polar surface area (TPSA) is 71.1 Å². The number of nitriles is 1. The second kappa shape index (κ2) is 5.74. The highest BCUT2D eigenvalue weighted by atomic mass is 16.5. The van der Waals surface area contributed by atoms with E-state index in [-0.39, 0.29) is 0 Å². The first-order chi connectivity index (χ1) is 8.74. The van der Waals surface area contributed by atoms with Crippen molar-refractivity contribution in [1.29, 1.82) is 5.26 Å². The number of nitrogens with two attached hydrogens (primary N) is 1. The second-order valence-electron chi connectivity index (χ2n) is 4.66. The predicted molar refractivity (Wildman–Crippen MR) is 72.2 cm³/mol. The molecule has 0 radical (unpaired) electrons. The molecular weight excluding hydrogens is 226 g/mol. The number of nitrogen functional groups attached to an aromatic ring is 1.